The molecule has 2 aromatic carbocycles. The Morgan fingerprint density at radius 2 is 1.79 bits per heavy atom. The molecule has 0 aliphatic heterocycles. The molecule has 2 aromatic rings. The molecule has 3 unspecified atom stereocenters. The first kappa shape index (κ1) is 25.0. The predicted octanol–water partition coefficient (Wildman–Crippen LogP) is 4.33. The summed E-state index contributed by atoms with van der Waals surface area (Å²) in [4.78, 5) is 12.5. The number of nitrogens with one attached hydrogen (secondary N) is 1. The van der Waals surface area contributed by atoms with Crippen LogP contribution in [0.15, 0.2) is 41.3 Å². The van der Waals surface area contributed by atoms with Crippen molar-refractivity contribution in [2.75, 3.05) is 5.32 Å². The topological polar surface area (TPSA) is 104 Å². The average Bonchev–Trinajstić information content (AvgIpc) is 2.92. The average molecular weight is 514 g/mol. The van der Waals surface area contributed by atoms with E-state index in [1.807, 2.05) is 0 Å². The van der Waals surface area contributed by atoms with Crippen molar-refractivity contribution in [3.63, 3.8) is 0 Å². The second-order valence-corrected chi connectivity index (χ2v) is 12.0. The van der Waals surface area contributed by atoms with Gasteiger partial charge in [-0.1, -0.05) is 11.6 Å². The third kappa shape index (κ3) is 4.58. The van der Waals surface area contributed by atoms with Crippen LogP contribution in [0.2, 0.25) is 5.02 Å². The van der Waals surface area contributed by atoms with E-state index in [4.69, 9.17) is 11.6 Å². The van der Waals surface area contributed by atoms with E-state index in [1.54, 1.807) is 6.92 Å². The minimum atomic E-state index is -3.93. The number of carbonyl (C=O) groups is 1. The quantitative estimate of drug-likeness (QED) is 0.533. The van der Waals surface area contributed by atoms with Gasteiger partial charge in [-0.2, -0.15) is 0 Å². The Balaban J connectivity index is 1.58. The van der Waals surface area contributed by atoms with Gasteiger partial charge in [0.2, 0.25) is 0 Å². The van der Waals surface area contributed by atoms with E-state index in [2.05, 4.69) is 5.32 Å². The molecule has 3 atom stereocenters. The zero-order valence-corrected chi connectivity index (χ0v) is 20.0. The highest BCUT2D eigenvalue weighted by Gasteiger charge is 2.55. The Labute approximate surface area is 201 Å². The van der Waals surface area contributed by atoms with Crippen molar-refractivity contribution in [1.29, 1.82) is 0 Å². The summed E-state index contributed by atoms with van der Waals surface area (Å²) in [6.07, 6.45) is 1.36. The predicted molar refractivity (Wildman–Crippen MR) is 123 cm³/mol. The highest BCUT2D eigenvalue weighted by molar-refractivity contribution is 7.92. The highest BCUT2D eigenvalue weighted by Crippen LogP contribution is 2.53. The van der Waals surface area contributed by atoms with Crippen LogP contribution < -0.4 is 5.32 Å². The van der Waals surface area contributed by atoms with Crippen LogP contribution in [0.1, 0.15) is 49.4 Å². The lowest BCUT2D eigenvalue weighted by Gasteiger charge is -2.43. The van der Waals surface area contributed by atoms with Crippen LogP contribution in [-0.2, 0) is 9.84 Å². The second kappa shape index (κ2) is 9.18. The molecule has 10 heteroatoms. The van der Waals surface area contributed by atoms with E-state index >= 15 is 0 Å². The maximum Gasteiger partial charge on any atom is 0.255 e. The maximum absolute atomic E-state index is 13.5. The van der Waals surface area contributed by atoms with Gasteiger partial charge in [0.05, 0.1) is 26.9 Å². The highest BCUT2D eigenvalue weighted by atomic mass is 35.5. The molecule has 2 bridgehead atoms. The van der Waals surface area contributed by atoms with Gasteiger partial charge in [0.1, 0.15) is 0 Å². The number of benzene rings is 2. The number of aliphatic hydroxyl groups is 2. The fraction of sp³-hybridized carbons (Fsp3) is 0.458. The summed E-state index contributed by atoms with van der Waals surface area (Å²) in [7, 11) is -3.93. The lowest BCUT2D eigenvalue weighted by atomic mass is 9.71. The number of hydrogen-bond acceptors (Lipinski definition) is 5. The van der Waals surface area contributed by atoms with Crippen LogP contribution in [0.4, 0.5) is 14.5 Å². The molecule has 3 N–H and O–H groups in total. The molecule has 0 spiro atoms. The number of halogens is 3. The Kier molecular flexibility index (Phi) is 6.76. The summed E-state index contributed by atoms with van der Waals surface area (Å²) in [6.45, 7) is 1.61. The number of rotatable bonds is 6. The fourth-order valence-corrected chi connectivity index (χ4v) is 7.89. The van der Waals surface area contributed by atoms with Crippen LogP contribution in [-0.4, -0.2) is 41.5 Å². The molecule has 2 fully saturated rings. The first-order valence-electron chi connectivity index (χ1n) is 11.1. The van der Waals surface area contributed by atoms with Crippen molar-refractivity contribution in [3.8, 4) is 0 Å². The van der Waals surface area contributed by atoms with Gasteiger partial charge in [-0.05, 0) is 74.8 Å². The Bertz CT molecular complexity index is 1210. The van der Waals surface area contributed by atoms with Crippen LogP contribution >= 0.6 is 11.6 Å². The lowest BCUT2D eigenvalue weighted by Crippen LogP contribution is -2.49. The van der Waals surface area contributed by atoms with Crippen molar-refractivity contribution < 1.29 is 32.2 Å². The summed E-state index contributed by atoms with van der Waals surface area (Å²) in [6, 6.07) is 6.74. The first-order valence-corrected chi connectivity index (χ1v) is 13.0. The summed E-state index contributed by atoms with van der Waals surface area (Å²) >= 11 is 6.23. The third-order valence-corrected chi connectivity index (χ3v) is 9.77. The van der Waals surface area contributed by atoms with Crippen LogP contribution in [0.5, 0.6) is 0 Å². The van der Waals surface area contributed by atoms with Crippen LogP contribution in [0, 0.1) is 23.5 Å². The number of hydrogen-bond donors (Lipinski definition) is 3. The molecule has 184 valence electrons. The van der Waals surface area contributed by atoms with Crippen molar-refractivity contribution in [3.05, 3.63) is 58.6 Å². The van der Waals surface area contributed by atoms with Crippen LogP contribution in [0.25, 0.3) is 0 Å². The SMILES string of the molecule is CC(O)C[C@]1(O)C2CCC1C[C@@H](S(=O)(=O)c1cc(C(=O)Nc3ccc(F)c(F)c3)ccc1Cl)C2. The van der Waals surface area contributed by atoms with Gasteiger partial charge in [0, 0.05) is 23.7 Å². The fourth-order valence-electron chi connectivity index (χ4n) is 5.49. The minimum absolute atomic E-state index is 0.00269. The summed E-state index contributed by atoms with van der Waals surface area (Å²) < 4.78 is 53.7. The summed E-state index contributed by atoms with van der Waals surface area (Å²) in [5.74, 6) is -3.38. The number of anilines is 1. The molecule has 0 heterocycles. The molecular weight excluding hydrogens is 488 g/mol. The molecule has 4 rings (SSSR count). The monoisotopic (exact) mass is 513 g/mol. The van der Waals surface area contributed by atoms with Crippen LogP contribution in [0.3, 0.4) is 0 Å². The molecule has 2 saturated carbocycles. The van der Waals surface area contributed by atoms with Gasteiger partial charge in [-0.15, -0.1) is 0 Å². The second-order valence-electron chi connectivity index (χ2n) is 9.38. The van der Waals surface area contributed by atoms with Crippen molar-refractivity contribution in [2.45, 2.75) is 60.9 Å². The molecule has 0 saturated heterocycles. The Morgan fingerprint density at radius 3 is 2.38 bits per heavy atom. The zero-order valence-electron chi connectivity index (χ0n) is 18.5. The van der Waals surface area contributed by atoms with E-state index in [1.165, 1.54) is 24.3 Å². The number of aliphatic hydroxyl groups excluding tert-OH is 1. The number of sulfone groups is 1. The van der Waals surface area contributed by atoms with Crippen molar-refractivity contribution >= 4 is 33.0 Å². The van der Waals surface area contributed by atoms with Gasteiger partial charge in [-0.3, -0.25) is 4.79 Å². The normalized spacial score (nSPS) is 27.4. The molecule has 34 heavy (non-hydrogen) atoms. The van der Waals surface area contributed by atoms with E-state index in [0.29, 0.717) is 12.8 Å². The van der Waals surface area contributed by atoms with E-state index < -0.39 is 44.3 Å². The van der Waals surface area contributed by atoms with Gasteiger partial charge in [0.15, 0.2) is 21.5 Å². The number of carbonyl (C=O) groups excluding carboxylic acids is 1. The lowest BCUT2D eigenvalue weighted by molar-refractivity contribution is -0.0861. The van der Waals surface area contributed by atoms with Gasteiger partial charge >= 0.3 is 0 Å². The molecule has 6 nitrogen and oxygen atoms in total. The molecule has 2 aliphatic carbocycles. The van der Waals surface area contributed by atoms with Gasteiger partial charge in [0.25, 0.3) is 5.91 Å². The summed E-state index contributed by atoms with van der Waals surface area (Å²) in [5, 5.41) is 22.6. The maximum atomic E-state index is 13.5. The number of fused-ring (bicyclic) bond motifs is 2. The zero-order chi connectivity index (χ0) is 24.8. The smallest absolute Gasteiger partial charge is 0.255 e. The third-order valence-electron chi connectivity index (χ3n) is 7.11. The molecule has 2 aliphatic rings. The molecule has 0 radical (unpaired) electrons. The van der Waals surface area contributed by atoms with Crippen molar-refractivity contribution in [2.24, 2.45) is 11.8 Å². The largest absolute Gasteiger partial charge is 0.393 e. The Morgan fingerprint density at radius 1 is 1.15 bits per heavy atom. The Hall–Kier alpha value is -2.07. The van der Waals surface area contributed by atoms with Gasteiger partial charge < -0.3 is 15.5 Å². The standard InChI is InChI=1S/C24H26ClF2NO5S/c1-13(29)12-24(31)15-3-4-16(24)10-18(9-15)34(32,33)22-8-14(2-6-19(22)25)23(30)28-17-5-7-20(26)21(27)11-17/h2,5-8,11,13,15-16,18,29,31H,3-4,9-10,12H2,1H3,(H,28,30)/t13?,15?,16?,18-,24-. The minimum Gasteiger partial charge on any atom is -0.393 e. The van der Waals surface area contributed by atoms with E-state index in [9.17, 15) is 32.2 Å². The van der Waals surface area contributed by atoms with Gasteiger partial charge in [-0.25, -0.2) is 17.2 Å². The molecular formula is C24H26ClF2NO5S. The van der Waals surface area contributed by atoms with Crippen molar-refractivity contribution in [1.82, 2.24) is 0 Å². The summed E-state index contributed by atoms with van der Waals surface area (Å²) in [5.41, 5.74) is -1.07. The first-order chi connectivity index (χ1) is 15.9. The molecule has 1 amide bonds. The number of amides is 1. The van der Waals surface area contributed by atoms with E-state index in [-0.39, 0.29) is 52.3 Å². The van der Waals surface area contributed by atoms with E-state index in [0.717, 1.165) is 12.1 Å². The molecule has 0 aromatic heterocycles.